The fourth-order valence-corrected chi connectivity index (χ4v) is 2.24. The van der Waals surface area contributed by atoms with E-state index in [1.807, 2.05) is 24.3 Å². The number of nitrogens with one attached hydrogen (secondary N) is 1. The molecule has 3 nitrogen and oxygen atoms in total. The second-order valence-electron chi connectivity index (χ2n) is 4.16. The lowest BCUT2D eigenvalue weighted by Crippen LogP contribution is -2.08. The van der Waals surface area contributed by atoms with E-state index in [-0.39, 0.29) is 5.56 Å². The molecule has 0 aromatic heterocycles. The van der Waals surface area contributed by atoms with Gasteiger partial charge in [0.2, 0.25) is 0 Å². The number of carbonyl (C=O) groups is 1. The Hall–Kier alpha value is -1.88. The second-order valence-corrected chi connectivity index (χ2v) is 5.08. The number of rotatable bonds is 4. The average Bonchev–Trinajstić information content (AvgIpc) is 2.45. The maximum Gasteiger partial charge on any atom is 0.340 e. The zero-order chi connectivity index (χ0) is 14.5. The highest BCUT2D eigenvalue weighted by atomic mass is 79.9. The van der Waals surface area contributed by atoms with Gasteiger partial charge in [-0.15, -0.1) is 0 Å². The van der Waals surface area contributed by atoms with Crippen molar-refractivity contribution in [3.63, 3.8) is 0 Å². The molecule has 0 saturated carbocycles. The van der Waals surface area contributed by atoms with E-state index in [9.17, 15) is 9.18 Å². The van der Waals surface area contributed by atoms with Crippen LogP contribution in [-0.4, -0.2) is 13.1 Å². The van der Waals surface area contributed by atoms with E-state index in [2.05, 4.69) is 26.0 Å². The zero-order valence-electron chi connectivity index (χ0n) is 10.8. The topological polar surface area (TPSA) is 38.3 Å². The molecule has 0 heterocycles. The molecule has 0 radical (unpaired) electrons. The number of anilines is 1. The van der Waals surface area contributed by atoms with Gasteiger partial charge in [0.25, 0.3) is 0 Å². The molecule has 0 bridgehead atoms. The first-order valence-corrected chi connectivity index (χ1v) is 6.75. The molecule has 0 fully saturated rings. The number of hydrogen-bond donors (Lipinski definition) is 1. The average molecular weight is 338 g/mol. The van der Waals surface area contributed by atoms with Gasteiger partial charge in [0.15, 0.2) is 0 Å². The number of benzene rings is 2. The lowest BCUT2D eigenvalue weighted by Gasteiger charge is -2.11. The summed E-state index contributed by atoms with van der Waals surface area (Å²) in [6, 6.07) is 11.8. The Morgan fingerprint density at radius 2 is 2.10 bits per heavy atom. The van der Waals surface area contributed by atoms with E-state index in [1.165, 1.54) is 19.2 Å². The summed E-state index contributed by atoms with van der Waals surface area (Å²) in [5.41, 5.74) is 1.76. The van der Waals surface area contributed by atoms with E-state index in [0.717, 1.165) is 16.1 Å². The molecule has 0 unspecified atom stereocenters. The lowest BCUT2D eigenvalue weighted by atomic mass is 10.1. The molecule has 0 saturated heterocycles. The molecule has 0 atom stereocenters. The number of ether oxygens (including phenoxy) is 1. The smallest absolute Gasteiger partial charge is 0.340 e. The van der Waals surface area contributed by atoms with Crippen molar-refractivity contribution in [2.45, 2.75) is 6.54 Å². The van der Waals surface area contributed by atoms with E-state index in [1.54, 1.807) is 0 Å². The summed E-state index contributed by atoms with van der Waals surface area (Å²) in [5, 5.41) is 3.11. The number of carbonyl (C=O) groups excluding carboxylic acids is 1. The molecule has 5 heteroatoms. The third-order valence-corrected chi connectivity index (χ3v) is 3.25. The van der Waals surface area contributed by atoms with Crippen LogP contribution in [0.1, 0.15) is 15.9 Å². The summed E-state index contributed by atoms with van der Waals surface area (Å²) in [5.74, 6) is -1.04. The van der Waals surface area contributed by atoms with Crippen LogP contribution < -0.4 is 5.32 Å². The quantitative estimate of drug-likeness (QED) is 0.857. The fourth-order valence-electron chi connectivity index (χ4n) is 1.79. The van der Waals surface area contributed by atoms with Crippen LogP contribution in [0.3, 0.4) is 0 Å². The lowest BCUT2D eigenvalue weighted by molar-refractivity contribution is 0.0601. The molecule has 2 rings (SSSR count). The van der Waals surface area contributed by atoms with Gasteiger partial charge in [-0.25, -0.2) is 9.18 Å². The molecule has 2 aromatic rings. The van der Waals surface area contributed by atoms with Crippen molar-refractivity contribution in [3.05, 3.63) is 63.9 Å². The van der Waals surface area contributed by atoms with Crippen molar-refractivity contribution in [1.82, 2.24) is 0 Å². The van der Waals surface area contributed by atoms with Crippen LogP contribution in [0.25, 0.3) is 0 Å². The molecular formula is C15H13BrFNO2. The predicted molar refractivity (Wildman–Crippen MR) is 79.2 cm³/mol. The van der Waals surface area contributed by atoms with Crippen LogP contribution >= 0.6 is 15.9 Å². The molecule has 0 amide bonds. The zero-order valence-corrected chi connectivity index (χ0v) is 12.4. The molecule has 2 aromatic carbocycles. The molecular weight excluding hydrogens is 325 g/mol. The molecule has 0 aliphatic heterocycles. The van der Waals surface area contributed by atoms with Crippen LogP contribution in [0.2, 0.25) is 0 Å². The van der Waals surface area contributed by atoms with E-state index < -0.39 is 11.8 Å². The molecule has 0 aliphatic carbocycles. The third-order valence-electron chi connectivity index (χ3n) is 2.76. The van der Waals surface area contributed by atoms with Crippen molar-refractivity contribution < 1.29 is 13.9 Å². The standard InChI is InChI=1S/C15H13BrFNO2/c1-20-15(19)13-8-12(17)5-6-14(13)18-9-10-3-2-4-11(16)7-10/h2-8,18H,9H2,1H3. The Labute approximate surface area is 124 Å². The summed E-state index contributed by atoms with van der Waals surface area (Å²) >= 11 is 3.40. The van der Waals surface area contributed by atoms with Crippen LogP contribution in [0, 0.1) is 5.82 Å². The van der Waals surface area contributed by atoms with Crippen LogP contribution in [0.15, 0.2) is 46.9 Å². The first kappa shape index (κ1) is 14.5. The number of esters is 1. The molecule has 104 valence electrons. The monoisotopic (exact) mass is 337 g/mol. The molecule has 20 heavy (non-hydrogen) atoms. The number of hydrogen-bond acceptors (Lipinski definition) is 3. The summed E-state index contributed by atoms with van der Waals surface area (Å²) < 4.78 is 18.8. The fraction of sp³-hybridized carbons (Fsp3) is 0.133. The van der Waals surface area contributed by atoms with Gasteiger partial charge in [-0.05, 0) is 35.9 Å². The molecule has 0 spiro atoms. The Balaban J connectivity index is 2.19. The SMILES string of the molecule is COC(=O)c1cc(F)ccc1NCc1cccc(Br)c1. The third kappa shape index (κ3) is 3.57. The predicted octanol–water partition coefficient (Wildman–Crippen LogP) is 3.99. The van der Waals surface area contributed by atoms with Gasteiger partial charge in [0.05, 0.1) is 12.7 Å². The minimum atomic E-state index is -0.568. The van der Waals surface area contributed by atoms with E-state index >= 15 is 0 Å². The van der Waals surface area contributed by atoms with Gasteiger partial charge < -0.3 is 10.1 Å². The maximum absolute atomic E-state index is 13.2. The molecule has 1 N–H and O–H groups in total. The Morgan fingerprint density at radius 3 is 2.80 bits per heavy atom. The highest BCUT2D eigenvalue weighted by molar-refractivity contribution is 9.10. The van der Waals surface area contributed by atoms with Crippen LogP contribution in [-0.2, 0) is 11.3 Å². The number of methoxy groups -OCH3 is 1. The van der Waals surface area contributed by atoms with Gasteiger partial charge in [-0.1, -0.05) is 28.1 Å². The molecule has 0 aliphatic rings. The summed E-state index contributed by atoms with van der Waals surface area (Å²) in [6.45, 7) is 0.523. The highest BCUT2D eigenvalue weighted by Crippen LogP contribution is 2.20. The van der Waals surface area contributed by atoms with Crippen LogP contribution in [0.4, 0.5) is 10.1 Å². The largest absolute Gasteiger partial charge is 0.465 e. The van der Waals surface area contributed by atoms with Gasteiger partial charge in [-0.2, -0.15) is 0 Å². The highest BCUT2D eigenvalue weighted by Gasteiger charge is 2.12. The van der Waals surface area contributed by atoms with Gasteiger partial charge in [-0.3, -0.25) is 0 Å². The van der Waals surface area contributed by atoms with E-state index in [4.69, 9.17) is 0 Å². The van der Waals surface area contributed by atoms with Gasteiger partial charge >= 0.3 is 5.97 Å². The van der Waals surface area contributed by atoms with Crippen molar-refractivity contribution in [2.75, 3.05) is 12.4 Å². The minimum Gasteiger partial charge on any atom is -0.465 e. The first-order chi connectivity index (χ1) is 9.60. The van der Waals surface area contributed by atoms with Gasteiger partial charge in [0, 0.05) is 16.7 Å². The Bertz CT molecular complexity index is 631. The van der Waals surface area contributed by atoms with E-state index in [0.29, 0.717) is 12.2 Å². The number of halogens is 2. The van der Waals surface area contributed by atoms with Crippen LogP contribution in [0.5, 0.6) is 0 Å². The second kappa shape index (κ2) is 6.52. The van der Waals surface area contributed by atoms with Gasteiger partial charge in [0.1, 0.15) is 5.82 Å². The van der Waals surface area contributed by atoms with Crippen molar-refractivity contribution in [2.24, 2.45) is 0 Å². The first-order valence-electron chi connectivity index (χ1n) is 5.96. The van der Waals surface area contributed by atoms with Crippen molar-refractivity contribution in [1.29, 1.82) is 0 Å². The summed E-state index contributed by atoms with van der Waals surface area (Å²) in [4.78, 5) is 11.6. The summed E-state index contributed by atoms with van der Waals surface area (Å²) in [7, 11) is 1.27. The minimum absolute atomic E-state index is 0.183. The maximum atomic E-state index is 13.2. The van der Waals surface area contributed by atoms with Crippen molar-refractivity contribution >= 4 is 27.6 Å². The Kier molecular flexibility index (Phi) is 4.74. The van der Waals surface area contributed by atoms with Crippen molar-refractivity contribution in [3.8, 4) is 0 Å². The summed E-state index contributed by atoms with van der Waals surface area (Å²) in [6.07, 6.45) is 0. The Morgan fingerprint density at radius 1 is 1.30 bits per heavy atom. The normalized spacial score (nSPS) is 10.2.